The maximum atomic E-state index is 15.3. The zero-order valence-corrected chi connectivity index (χ0v) is 21.8. The van der Waals surface area contributed by atoms with Gasteiger partial charge in [-0.05, 0) is 99.7 Å². The molecule has 4 aliphatic rings. The molecule has 0 spiro atoms. The Morgan fingerprint density at radius 1 is 0.735 bits per heavy atom. The molecule has 0 amide bonds. The zero-order chi connectivity index (χ0) is 23.6. The number of rotatable bonds is 3. The highest BCUT2D eigenvalue weighted by Gasteiger charge is 2.61. The van der Waals surface area contributed by atoms with Crippen molar-refractivity contribution in [3.63, 3.8) is 0 Å². The molecule has 4 fully saturated rings. The lowest BCUT2D eigenvalue weighted by Gasteiger charge is -2.57. The van der Waals surface area contributed by atoms with Crippen LogP contribution in [0.1, 0.15) is 71.6 Å². The summed E-state index contributed by atoms with van der Waals surface area (Å²) in [6.45, 7) is 4.57. The molecule has 2 aromatic rings. The normalized spacial score (nSPS) is 41.9. The predicted molar refractivity (Wildman–Crippen MR) is 141 cm³/mol. The van der Waals surface area contributed by atoms with Gasteiger partial charge in [0.05, 0.1) is 5.60 Å². The highest BCUT2D eigenvalue weighted by molar-refractivity contribution is 7.79. The molecule has 4 aliphatic carbocycles. The SMILES string of the molecule is C[C@@]1(O)CC[C@H]2[C@H](CC[C@@H]3[C@@H]2CC[C@]2(C)C(P(=O)(c4ccccc4)c4ccccc4)CC[C@@H]32)C1. The van der Waals surface area contributed by atoms with Crippen LogP contribution < -0.4 is 10.6 Å². The van der Waals surface area contributed by atoms with Gasteiger partial charge >= 0.3 is 0 Å². The molecule has 8 atom stereocenters. The minimum atomic E-state index is -2.75. The molecule has 0 bridgehead atoms. The fourth-order valence-electron chi connectivity index (χ4n) is 9.46. The first-order valence-electron chi connectivity index (χ1n) is 13.8. The van der Waals surface area contributed by atoms with E-state index in [-0.39, 0.29) is 11.1 Å². The van der Waals surface area contributed by atoms with E-state index in [1.54, 1.807) is 0 Å². The Labute approximate surface area is 205 Å². The molecular weight excluding hydrogens is 435 g/mol. The van der Waals surface area contributed by atoms with Crippen molar-refractivity contribution in [1.29, 1.82) is 0 Å². The predicted octanol–water partition coefficient (Wildman–Crippen LogP) is 6.77. The van der Waals surface area contributed by atoms with E-state index in [2.05, 4.69) is 62.4 Å². The fourth-order valence-corrected chi connectivity index (χ4v) is 13.4. The van der Waals surface area contributed by atoms with Crippen molar-refractivity contribution in [3.8, 4) is 0 Å². The summed E-state index contributed by atoms with van der Waals surface area (Å²) in [7, 11) is -2.75. The summed E-state index contributed by atoms with van der Waals surface area (Å²) in [5, 5.41) is 12.8. The largest absolute Gasteiger partial charge is 0.390 e. The quantitative estimate of drug-likeness (QED) is 0.496. The lowest BCUT2D eigenvalue weighted by atomic mass is 9.50. The third-order valence-electron chi connectivity index (χ3n) is 10.9. The van der Waals surface area contributed by atoms with Gasteiger partial charge in [0.1, 0.15) is 7.14 Å². The van der Waals surface area contributed by atoms with E-state index in [1.807, 2.05) is 12.1 Å². The van der Waals surface area contributed by atoms with Gasteiger partial charge in [-0.3, -0.25) is 0 Å². The van der Waals surface area contributed by atoms with Gasteiger partial charge in [-0.25, -0.2) is 0 Å². The van der Waals surface area contributed by atoms with E-state index in [0.29, 0.717) is 11.8 Å². The van der Waals surface area contributed by atoms with E-state index in [4.69, 9.17) is 0 Å². The van der Waals surface area contributed by atoms with Crippen LogP contribution in [-0.2, 0) is 4.57 Å². The summed E-state index contributed by atoms with van der Waals surface area (Å²) in [6, 6.07) is 20.8. The van der Waals surface area contributed by atoms with Crippen molar-refractivity contribution in [2.24, 2.45) is 35.0 Å². The van der Waals surface area contributed by atoms with Crippen molar-refractivity contribution in [2.45, 2.75) is 82.9 Å². The minimum Gasteiger partial charge on any atom is -0.390 e. The Balaban J connectivity index is 1.34. The number of hydrogen-bond donors (Lipinski definition) is 1. The molecule has 2 aromatic carbocycles. The zero-order valence-electron chi connectivity index (χ0n) is 20.9. The topological polar surface area (TPSA) is 37.3 Å². The lowest BCUT2D eigenvalue weighted by molar-refractivity contribution is -0.0934. The first kappa shape index (κ1) is 23.1. The standard InChI is InChI=1S/C31H41O2P/c1-30(32)19-17-25-22(21-30)13-14-27-26(25)18-20-31(2)28(27)15-16-29(31)34(33,23-9-5-3-6-10-23)24-11-7-4-8-12-24/h3-12,22,25-29,32H,13-21H2,1-2H3/t22-,25+,26-,27-,28+,29?,30-,31+/m1/s1. The van der Waals surface area contributed by atoms with Crippen molar-refractivity contribution in [2.75, 3.05) is 0 Å². The first-order chi connectivity index (χ1) is 16.3. The molecule has 4 saturated carbocycles. The molecule has 0 saturated heterocycles. The second-order valence-electron chi connectivity index (χ2n) is 12.6. The van der Waals surface area contributed by atoms with Gasteiger partial charge in [0.2, 0.25) is 0 Å². The first-order valence-corrected chi connectivity index (χ1v) is 15.5. The van der Waals surface area contributed by atoms with Crippen molar-refractivity contribution < 1.29 is 9.67 Å². The second-order valence-corrected chi connectivity index (χ2v) is 15.6. The summed E-state index contributed by atoms with van der Waals surface area (Å²) in [5.41, 5.74) is -0.0659. The van der Waals surface area contributed by atoms with E-state index < -0.39 is 12.7 Å². The van der Waals surface area contributed by atoms with Crippen LogP contribution in [0.2, 0.25) is 0 Å². The molecular formula is C31H41O2P. The van der Waals surface area contributed by atoms with Gasteiger partial charge in [0.15, 0.2) is 0 Å². The van der Waals surface area contributed by atoms with Crippen LogP contribution in [-0.4, -0.2) is 16.4 Å². The maximum Gasteiger partial charge on any atom is 0.146 e. The Hall–Kier alpha value is -1.37. The molecule has 0 aliphatic heterocycles. The van der Waals surface area contributed by atoms with Gasteiger partial charge in [-0.15, -0.1) is 0 Å². The summed E-state index contributed by atoms with van der Waals surface area (Å²) < 4.78 is 15.3. The van der Waals surface area contributed by atoms with Crippen LogP contribution in [0.3, 0.4) is 0 Å². The number of benzene rings is 2. The average molecular weight is 477 g/mol. The monoisotopic (exact) mass is 476 g/mol. The summed E-state index contributed by atoms with van der Waals surface area (Å²) >= 11 is 0. The summed E-state index contributed by atoms with van der Waals surface area (Å²) in [6.07, 6.45) is 10.6. The van der Waals surface area contributed by atoms with Crippen molar-refractivity contribution >= 4 is 17.8 Å². The van der Waals surface area contributed by atoms with E-state index in [0.717, 1.165) is 47.6 Å². The smallest absolute Gasteiger partial charge is 0.146 e. The molecule has 0 aromatic heterocycles. The van der Waals surface area contributed by atoms with Crippen LogP contribution in [0, 0.1) is 35.0 Å². The third-order valence-corrected chi connectivity index (χ3v) is 14.8. The molecule has 2 nitrogen and oxygen atoms in total. The van der Waals surface area contributed by atoms with Crippen LogP contribution in [0.25, 0.3) is 0 Å². The highest BCUT2D eigenvalue weighted by atomic mass is 31.2. The van der Waals surface area contributed by atoms with E-state index in [1.165, 1.54) is 38.5 Å². The Morgan fingerprint density at radius 3 is 2.00 bits per heavy atom. The molecule has 6 rings (SSSR count). The van der Waals surface area contributed by atoms with E-state index >= 15 is 4.57 Å². The Bertz CT molecular complexity index is 1020. The van der Waals surface area contributed by atoms with Gasteiger partial charge in [0.25, 0.3) is 0 Å². The number of hydrogen-bond acceptors (Lipinski definition) is 2. The molecule has 1 unspecified atom stereocenters. The number of aliphatic hydroxyl groups is 1. The molecule has 0 heterocycles. The van der Waals surface area contributed by atoms with Crippen molar-refractivity contribution in [1.82, 2.24) is 0 Å². The Morgan fingerprint density at radius 2 is 1.35 bits per heavy atom. The second kappa shape index (κ2) is 8.35. The molecule has 3 heteroatoms. The average Bonchev–Trinajstić information content (AvgIpc) is 3.21. The Kier molecular flexibility index (Phi) is 5.66. The maximum absolute atomic E-state index is 15.3. The highest BCUT2D eigenvalue weighted by Crippen LogP contribution is 2.70. The minimum absolute atomic E-state index is 0.148. The lowest BCUT2D eigenvalue weighted by Crippen LogP contribution is -2.51. The fraction of sp³-hybridized carbons (Fsp3) is 0.613. The summed E-state index contributed by atoms with van der Waals surface area (Å²) in [4.78, 5) is 0. The van der Waals surface area contributed by atoms with Crippen LogP contribution in [0.5, 0.6) is 0 Å². The third kappa shape index (κ3) is 3.50. The van der Waals surface area contributed by atoms with Crippen LogP contribution in [0.4, 0.5) is 0 Å². The molecule has 182 valence electrons. The number of fused-ring (bicyclic) bond motifs is 5. The van der Waals surface area contributed by atoms with Crippen molar-refractivity contribution in [3.05, 3.63) is 60.7 Å². The van der Waals surface area contributed by atoms with Crippen LogP contribution >= 0.6 is 7.14 Å². The van der Waals surface area contributed by atoms with Gasteiger partial charge in [0, 0.05) is 16.3 Å². The van der Waals surface area contributed by atoms with Gasteiger partial charge in [-0.1, -0.05) is 67.6 Å². The van der Waals surface area contributed by atoms with E-state index in [9.17, 15) is 5.11 Å². The molecule has 34 heavy (non-hydrogen) atoms. The molecule has 1 N–H and O–H groups in total. The van der Waals surface area contributed by atoms with Gasteiger partial charge < -0.3 is 9.67 Å². The van der Waals surface area contributed by atoms with Crippen LogP contribution in [0.15, 0.2) is 60.7 Å². The summed E-state index contributed by atoms with van der Waals surface area (Å²) in [5.74, 6) is 3.82. The molecule has 0 radical (unpaired) electrons. The van der Waals surface area contributed by atoms with Gasteiger partial charge in [-0.2, -0.15) is 0 Å².